The number of aliphatic carboxylic acids is 1. The number of rotatable bonds is 4. The number of nitro groups is 1. The van der Waals surface area contributed by atoms with E-state index >= 15 is 0 Å². The van der Waals surface area contributed by atoms with Crippen LogP contribution in [0, 0.1) is 21.8 Å². The zero-order valence-electron chi connectivity index (χ0n) is 11.4. The molecule has 0 aromatic heterocycles. The van der Waals surface area contributed by atoms with Crippen LogP contribution in [0.2, 0.25) is 0 Å². The number of ether oxygens (including phenoxy) is 1. The van der Waals surface area contributed by atoms with Crippen LogP contribution in [0.4, 0.5) is 15.8 Å². The molecule has 1 fully saturated rings. The molecule has 0 aliphatic carbocycles. The van der Waals surface area contributed by atoms with Gasteiger partial charge in [-0.15, -0.1) is 0 Å². The molecular weight excluding hydrogens is 283 g/mol. The number of methoxy groups -OCH3 is 1. The van der Waals surface area contributed by atoms with Crippen LogP contribution in [0.1, 0.15) is 12.8 Å². The van der Waals surface area contributed by atoms with Gasteiger partial charge in [-0.05, 0) is 12.8 Å². The number of carboxylic acid groups (broad SMARTS) is 1. The molecule has 0 radical (unpaired) electrons. The summed E-state index contributed by atoms with van der Waals surface area (Å²) in [6, 6.07) is 2.31. The highest BCUT2D eigenvalue weighted by molar-refractivity contribution is 5.73. The monoisotopic (exact) mass is 298 g/mol. The molecule has 8 heteroatoms. The number of halogens is 1. The van der Waals surface area contributed by atoms with E-state index < -0.39 is 28.3 Å². The van der Waals surface area contributed by atoms with E-state index in [2.05, 4.69) is 0 Å². The van der Waals surface area contributed by atoms with E-state index in [1.54, 1.807) is 0 Å². The first-order chi connectivity index (χ1) is 9.93. The number of hydrogen-bond donors (Lipinski definition) is 1. The van der Waals surface area contributed by atoms with Crippen molar-refractivity contribution in [3.63, 3.8) is 0 Å². The summed E-state index contributed by atoms with van der Waals surface area (Å²) in [6.45, 7) is 0.556. The lowest BCUT2D eigenvalue weighted by atomic mass is 9.97. The molecule has 7 nitrogen and oxygen atoms in total. The van der Waals surface area contributed by atoms with Crippen LogP contribution >= 0.6 is 0 Å². The first kappa shape index (κ1) is 15.0. The van der Waals surface area contributed by atoms with E-state index in [4.69, 9.17) is 9.84 Å². The molecule has 1 aliphatic rings. The number of carbonyl (C=O) groups is 1. The van der Waals surface area contributed by atoms with Crippen LogP contribution < -0.4 is 9.64 Å². The van der Waals surface area contributed by atoms with Crippen LogP contribution in [0.5, 0.6) is 5.75 Å². The maximum absolute atomic E-state index is 13.9. The van der Waals surface area contributed by atoms with E-state index in [0.717, 1.165) is 6.07 Å². The maximum Gasteiger partial charge on any atom is 0.328 e. The van der Waals surface area contributed by atoms with Crippen molar-refractivity contribution >= 4 is 17.3 Å². The molecular formula is C13H15FN2O5. The highest BCUT2D eigenvalue weighted by Crippen LogP contribution is 2.37. The minimum Gasteiger partial charge on any atom is -0.497 e. The molecule has 21 heavy (non-hydrogen) atoms. The number of anilines is 1. The Hall–Kier alpha value is -2.38. The van der Waals surface area contributed by atoms with Crippen molar-refractivity contribution in [3.05, 3.63) is 28.1 Å². The van der Waals surface area contributed by atoms with Gasteiger partial charge in [0.1, 0.15) is 11.4 Å². The molecule has 1 unspecified atom stereocenters. The lowest BCUT2D eigenvalue weighted by molar-refractivity contribution is -0.386. The number of piperidine rings is 1. The van der Waals surface area contributed by atoms with Crippen molar-refractivity contribution in [2.45, 2.75) is 12.8 Å². The van der Waals surface area contributed by atoms with Crippen LogP contribution in [0.15, 0.2) is 12.1 Å². The van der Waals surface area contributed by atoms with Crippen molar-refractivity contribution in [2.24, 2.45) is 5.92 Å². The van der Waals surface area contributed by atoms with Gasteiger partial charge in [-0.3, -0.25) is 14.9 Å². The second-order valence-corrected chi connectivity index (χ2v) is 4.86. The van der Waals surface area contributed by atoms with Crippen LogP contribution in [-0.4, -0.2) is 36.2 Å². The zero-order valence-corrected chi connectivity index (χ0v) is 11.4. The quantitative estimate of drug-likeness (QED) is 0.675. The maximum atomic E-state index is 13.9. The third-order valence-corrected chi connectivity index (χ3v) is 3.55. The lowest BCUT2D eigenvalue weighted by Gasteiger charge is -2.32. The first-order valence-electron chi connectivity index (χ1n) is 6.43. The molecule has 1 aliphatic heterocycles. The molecule has 1 saturated heterocycles. The standard InChI is InChI=1S/C13H15FN2O5/c1-21-9-5-10(14)12(16(19)20)11(6-9)15-4-2-3-8(7-15)13(17)18/h5-6,8H,2-4,7H2,1H3,(H,17,18). The van der Waals surface area contributed by atoms with Gasteiger partial charge in [0.2, 0.25) is 5.82 Å². The average Bonchev–Trinajstić information content (AvgIpc) is 2.45. The van der Waals surface area contributed by atoms with Crippen molar-refractivity contribution < 1.29 is 24.0 Å². The summed E-state index contributed by atoms with van der Waals surface area (Å²) in [6.07, 6.45) is 1.08. The Labute approximate surface area is 120 Å². The van der Waals surface area contributed by atoms with E-state index in [-0.39, 0.29) is 18.0 Å². The summed E-state index contributed by atoms with van der Waals surface area (Å²) in [5.41, 5.74) is -0.593. The first-order valence-corrected chi connectivity index (χ1v) is 6.43. The predicted octanol–water partition coefficient (Wildman–Crippen LogP) is 2.04. The lowest BCUT2D eigenvalue weighted by Crippen LogP contribution is -2.39. The Morgan fingerprint density at radius 1 is 1.57 bits per heavy atom. The SMILES string of the molecule is COc1cc(F)c([N+](=O)[O-])c(N2CCCC(C(=O)O)C2)c1. The van der Waals surface area contributed by atoms with Gasteiger partial charge in [-0.1, -0.05) is 0 Å². The van der Waals surface area contributed by atoms with Crippen LogP contribution in [0.25, 0.3) is 0 Å². The molecule has 1 aromatic rings. The fourth-order valence-corrected chi connectivity index (χ4v) is 2.50. The second kappa shape index (κ2) is 5.94. The van der Waals surface area contributed by atoms with Gasteiger partial charge >= 0.3 is 11.7 Å². The Balaban J connectivity index is 2.43. The molecule has 1 aromatic carbocycles. The predicted molar refractivity (Wildman–Crippen MR) is 72.2 cm³/mol. The Kier molecular flexibility index (Phi) is 4.25. The number of hydrogen-bond acceptors (Lipinski definition) is 5. The summed E-state index contributed by atoms with van der Waals surface area (Å²) in [7, 11) is 1.33. The van der Waals surface area contributed by atoms with Gasteiger partial charge in [0.15, 0.2) is 0 Å². The third-order valence-electron chi connectivity index (χ3n) is 3.55. The summed E-state index contributed by atoms with van der Waals surface area (Å²) < 4.78 is 18.8. The molecule has 2 rings (SSSR count). The van der Waals surface area contributed by atoms with Gasteiger partial charge in [-0.2, -0.15) is 4.39 Å². The minimum atomic E-state index is -0.994. The largest absolute Gasteiger partial charge is 0.497 e. The van der Waals surface area contributed by atoms with Gasteiger partial charge in [0.05, 0.1) is 18.0 Å². The van der Waals surface area contributed by atoms with Crippen molar-refractivity contribution in [1.29, 1.82) is 0 Å². The number of nitro benzene ring substituents is 1. The summed E-state index contributed by atoms with van der Waals surface area (Å²) in [4.78, 5) is 22.9. The Bertz CT molecular complexity index is 578. The molecule has 0 bridgehead atoms. The van der Waals surface area contributed by atoms with Gasteiger partial charge in [0.25, 0.3) is 0 Å². The summed E-state index contributed by atoms with van der Waals surface area (Å²) >= 11 is 0. The molecule has 1 N–H and O–H groups in total. The summed E-state index contributed by atoms with van der Waals surface area (Å²) in [5.74, 6) is -2.41. The van der Waals surface area contributed by atoms with E-state index in [9.17, 15) is 19.3 Å². The number of carboxylic acids is 1. The second-order valence-electron chi connectivity index (χ2n) is 4.86. The third kappa shape index (κ3) is 3.04. The molecule has 1 atom stereocenters. The smallest absolute Gasteiger partial charge is 0.328 e. The molecule has 114 valence electrons. The molecule has 0 amide bonds. The highest BCUT2D eigenvalue weighted by Gasteiger charge is 2.31. The number of nitrogens with zero attached hydrogens (tertiary/aromatic N) is 2. The fourth-order valence-electron chi connectivity index (χ4n) is 2.50. The zero-order chi connectivity index (χ0) is 15.6. The van der Waals surface area contributed by atoms with Gasteiger partial charge in [0, 0.05) is 25.2 Å². The van der Waals surface area contributed by atoms with Gasteiger partial charge in [-0.25, -0.2) is 0 Å². The van der Waals surface area contributed by atoms with Crippen molar-refractivity contribution in [2.75, 3.05) is 25.1 Å². The molecule has 0 spiro atoms. The van der Waals surface area contributed by atoms with E-state index in [1.165, 1.54) is 18.1 Å². The Morgan fingerprint density at radius 3 is 2.86 bits per heavy atom. The van der Waals surface area contributed by atoms with Crippen molar-refractivity contribution in [3.8, 4) is 5.75 Å². The topological polar surface area (TPSA) is 92.9 Å². The summed E-state index contributed by atoms with van der Waals surface area (Å²) in [5, 5.41) is 20.2. The average molecular weight is 298 g/mol. The Morgan fingerprint density at radius 2 is 2.29 bits per heavy atom. The highest BCUT2D eigenvalue weighted by atomic mass is 19.1. The van der Waals surface area contributed by atoms with Gasteiger partial charge < -0.3 is 14.7 Å². The van der Waals surface area contributed by atoms with Crippen LogP contribution in [-0.2, 0) is 4.79 Å². The van der Waals surface area contributed by atoms with Crippen molar-refractivity contribution in [1.82, 2.24) is 0 Å². The van der Waals surface area contributed by atoms with Crippen LogP contribution in [0.3, 0.4) is 0 Å². The van der Waals surface area contributed by atoms with E-state index in [1.807, 2.05) is 0 Å². The molecule has 1 heterocycles. The fraction of sp³-hybridized carbons (Fsp3) is 0.462. The van der Waals surface area contributed by atoms with E-state index in [0.29, 0.717) is 19.4 Å². The normalized spacial score (nSPS) is 18.4. The number of benzene rings is 1. The molecule has 0 saturated carbocycles. The minimum absolute atomic E-state index is 0.0581.